The van der Waals surface area contributed by atoms with Crippen molar-refractivity contribution in [1.82, 2.24) is 9.78 Å². The van der Waals surface area contributed by atoms with Gasteiger partial charge in [0.25, 0.3) is 0 Å². The Morgan fingerprint density at radius 2 is 1.81 bits per heavy atom. The molecule has 0 saturated carbocycles. The van der Waals surface area contributed by atoms with Crippen LogP contribution < -0.4 is 5.73 Å². The summed E-state index contributed by atoms with van der Waals surface area (Å²) in [6, 6.07) is 10.7. The molecular formula is C18H27N3. The molecule has 1 atom stereocenters. The summed E-state index contributed by atoms with van der Waals surface area (Å²) in [7, 11) is 0. The minimum atomic E-state index is 0.111. The van der Waals surface area contributed by atoms with Crippen LogP contribution in [0.5, 0.6) is 0 Å². The lowest BCUT2D eigenvalue weighted by Gasteiger charge is -2.12. The van der Waals surface area contributed by atoms with Crippen molar-refractivity contribution in [3.63, 3.8) is 0 Å². The van der Waals surface area contributed by atoms with Crippen LogP contribution >= 0.6 is 0 Å². The molecule has 0 aliphatic rings. The van der Waals surface area contributed by atoms with Gasteiger partial charge in [0.1, 0.15) is 0 Å². The molecule has 0 spiro atoms. The molecule has 2 rings (SSSR count). The van der Waals surface area contributed by atoms with E-state index in [-0.39, 0.29) is 6.04 Å². The summed E-state index contributed by atoms with van der Waals surface area (Å²) in [5, 5.41) is 4.82. The number of nitrogens with zero attached hydrogens (tertiary/aromatic N) is 2. The molecule has 2 aromatic rings. The first-order chi connectivity index (χ1) is 10.2. The number of aromatic nitrogens is 2. The van der Waals surface area contributed by atoms with E-state index in [1.165, 1.54) is 22.5 Å². The Hall–Kier alpha value is -1.61. The van der Waals surface area contributed by atoms with Crippen molar-refractivity contribution >= 4 is 0 Å². The Labute approximate surface area is 128 Å². The summed E-state index contributed by atoms with van der Waals surface area (Å²) in [6.45, 7) is 7.43. The molecule has 1 aromatic carbocycles. The smallest absolute Gasteiger partial charge is 0.0672 e. The van der Waals surface area contributed by atoms with Crippen LogP contribution in [-0.2, 0) is 25.8 Å². The molecule has 1 aromatic heterocycles. The van der Waals surface area contributed by atoms with Gasteiger partial charge < -0.3 is 5.73 Å². The monoisotopic (exact) mass is 285 g/mol. The molecule has 0 aliphatic heterocycles. The van der Waals surface area contributed by atoms with Crippen molar-refractivity contribution in [2.45, 2.75) is 59.0 Å². The molecule has 3 nitrogen and oxygen atoms in total. The molecule has 1 unspecified atom stereocenters. The number of hydrogen-bond donors (Lipinski definition) is 1. The first-order valence-corrected chi connectivity index (χ1v) is 8.09. The summed E-state index contributed by atoms with van der Waals surface area (Å²) in [6.07, 6.45) is 3.92. The van der Waals surface area contributed by atoms with E-state index in [4.69, 9.17) is 10.8 Å². The maximum Gasteiger partial charge on any atom is 0.0672 e. The van der Waals surface area contributed by atoms with Crippen LogP contribution in [0.15, 0.2) is 30.3 Å². The van der Waals surface area contributed by atoms with Gasteiger partial charge in [0.15, 0.2) is 0 Å². The lowest BCUT2D eigenvalue weighted by molar-refractivity contribution is 0.578. The van der Waals surface area contributed by atoms with Crippen molar-refractivity contribution in [3.8, 4) is 0 Å². The molecule has 0 amide bonds. The van der Waals surface area contributed by atoms with Crippen LogP contribution in [0.1, 0.15) is 55.7 Å². The van der Waals surface area contributed by atoms with E-state index in [1.807, 2.05) is 0 Å². The predicted molar refractivity (Wildman–Crippen MR) is 88.3 cm³/mol. The zero-order valence-electron chi connectivity index (χ0n) is 13.5. The van der Waals surface area contributed by atoms with E-state index in [0.29, 0.717) is 0 Å². The van der Waals surface area contributed by atoms with Gasteiger partial charge in [0.2, 0.25) is 0 Å². The van der Waals surface area contributed by atoms with Gasteiger partial charge in [-0.3, -0.25) is 4.68 Å². The predicted octanol–water partition coefficient (Wildman–Crippen LogP) is 3.66. The molecule has 21 heavy (non-hydrogen) atoms. The van der Waals surface area contributed by atoms with Crippen LogP contribution in [0, 0.1) is 0 Å². The number of benzene rings is 1. The molecule has 0 aliphatic carbocycles. The minimum absolute atomic E-state index is 0.111. The zero-order valence-corrected chi connectivity index (χ0v) is 13.5. The van der Waals surface area contributed by atoms with Crippen molar-refractivity contribution < 1.29 is 0 Å². The largest absolute Gasteiger partial charge is 0.324 e. The highest BCUT2D eigenvalue weighted by molar-refractivity contribution is 5.30. The third-order valence-electron chi connectivity index (χ3n) is 4.11. The number of aryl methyl sites for hydroxylation is 3. The lowest BCUT2D eigenvalue weighted by atomic mass is 10.00. The Morgan fingerprint density at radius 1 is 1.10 bits per heavy atom. The van der Waals surface area contributed by atoms with Gasteiger partial charge in [-0.05, 0) is 31.2 Å². The number of rotatable bonds is 7. The molecule has 0 fully saturated rings. The molecule has 0 bridgehead atoms. The summed E-state index contributed by atoms with van der Waals surface area (Å²) in [5.41, 5.74) is 11.4. The van der Waals surface area contributed by atoms with E-state index < -0.39 is 0 Å². The average molecular weight is 285 g/mol. The van der Waals surface area contributed by atoms with Gasteiger partial charge in [0, 0.05) is 23.8 Å². The van der Waals surface area contributed by atoms with Crippen molar-refractivity contribution in [2.24, 2.45) is 5.73 Å². The highest BCUT2D eigenvalue weighted by Gasteiger charge is 2.19. The van der Waals surface area contributed by atoms with Gasteiger partial charge >= 0.3 is 0 Å². The maximum absolute atomic E-state index is 6.31. The first-order valence-electron chi connectivity index (χ1n) is 8.09. The molecule has 114 valence electrons. The van der Waals surface area contributed by atoms with Crippen LogP contribution in [0.25, 0.3) is 0 Å². The van der Waals surface area contributed by atoms with E-state index in [1.54, 1.807) is 0 Å². The highest BCUT2D eigenvalue weighted by atomic mass is 15.3. The lowest BCUT2D eigenvalue weighted by Crippen LogP contribution is -2.13. The molecule has 2 N–H and O–H groups in total. The fourth-order valence-corrected chi connectivity index (χ4v) is 2.90. The summed E-state index contributed by atoms with van der Waals surface area (Å²) in [4.78, 5) is 0. The quantitative estimate of drug-likeness (QED) is 0.843. The Bertz CT molecular complexity index is 557. The number of nitrogens with two attached hydrogens (primary N) is 1. The first kappa shape index (κ1) is 15.8. The van der Waals surface area contributed by atoms with Crippen molar-refractivity contribution in [2.75, 3.05) is 0 Å². The SMILES string of the molecule is CCc1nn(CCc2ccccc2)c(CC)c1C(N)CC. The Balaban J connectivity index is 2.25. The second-order valence-electron chi connectivity index (χ2n) is 5.49. The van der Waals surface area contributed by atoms with Crippen molar-refractivity contribution in [3.05, 3.63) is 52.8 Å². The van der Waals surface area contributed by atoms with E-state index in [2.05, 4.69) is 55.8 Å². The second-order valence-corrected chi connectivity index (χ2v) is 5.49. The zero-order chi connectivity index (χ0) is 15.2. The van der Waals surface area contributed by atoms with Gasteiger partial charge in [-0.15, -0.1) is 0 Å². The van der Waals surface area contributed by atoms with E-state index >= 15 is 0 Å². The average Bonchev–Trinajstić information content (AvgIpc) is 2.90. The van der Waals surface area contributed by atoms with Crippen LogP contribution in [0.2, 0.25) is 0 Å². The molecule has 0 radical (unpaired) electrons. The molecule has 3 heteroatoms. The van der Waals surface area contributed by atoms with Crippen LogP contribution in [0.3, 0.4) is 0 Å². The Morgan fingerprint density at radius 3 is 2.38 bits per heavy atom. The minimum Gasteiger partial charge on any atom is -0.324 e. The molecular weight excluding hydrogens is 258 g/mol. The third-order valence-corrected chi connectivity index (χ3v) is 4.11. The normalized spacial score (nSPS) is 12.6. The Kier molecular flexibility index (Phi) is 5.57. The van der Waals surface area contributed by atoms with Gasteiger partial charge in [-0.25, -0.2) is 0 Å². The van der Waals surface area contributed by atoms with Gasteiger partial charge in [0.05, 0.1) is 5.69 Å². The maximum atomic E-state index is 6.31. The number of hydrogen-bond acceptors (Lipinski definition) is 2. The fourth-order valence-electron chi connectivity index (χ4n) is 2.90. The molecule has 1 heterocycles. The topological polar surface area (TPSA) is 43.8 Å². The van der Waals surface area contributed by atoms with E-state index in [0.717, 1.165) is 32.2 Å². The third kappa shape index (κ3) is 3.53. The standard InChI is InChI=1S/C18H27N3/c1-4-15(19)18-16(5-2)20-21(17(18)6-3)13-12-14-10-8-7-9-11-14/h7-11,15H,4-6,12-13,19H2,1-3H3. The van der Waals surface area contributed by atoms with Crippen molar-refractivity contribution in [1.29, 1.82) is 0 Å². The summed E-state index contributed by atoms with van der Waals surface area (Å²) in [5.74, 6) is 0. The highest BCUT2D eigenvalue weighted by Crippen LogP contribution is 2.24. The van der Waals surface area contributed by atoms with Crippen LogP contribution in [-0.4, -0.2) is 9.78 Å². The van der Waals surface area contributed by atoms with Gasteiger partial charge in [-0.1, -0.05) is 51.1 Å². The second kappa shape index (κ2) is 7.41. The van der Waals surface area contributed by atoms with E-state index in [9.17, 15) is 0 Å². The van der Waals surface area contributed by atoms with Gasteiger partial charge in [-0.2, -0.15) is 5.10 Å². The summed E-state index contributed by atoms with van der Waals surface area (Å²) < 4.78 is 2.18. The summed E-state index contributed by atoms with van der Waals surface area (Å²) >= 11 is 0. The fraction of sp³-hybridized carbons (Fsp3) is 0.500. The molecule has 0 saturated heterocycles. The van der Waals surface area contributed by atoms with Crippen LogP contribution in [0.4, 0.5) is 0 Å².